The van der Waals surface area contributed by atoms with E-state index >= 15 is 0 Å². The van der Waals surface area contributed by atoms with Gasteiger partial charge in [0.15, 0.2) is 0 Å². The van der Waals surface area contributed by atoms with Gasteiger partial charge in [-0.1, -0.05) is 11.6 Å². The molecule has 0 aliphatic carbocycles. The third-order valence-electron chi connectivity index (χ3n) is 3.71. The highest BCUT2D eigenvalue weighted by atomic mass is 35.5. The first-order chi connectivity index (χ1) is 9.88. The highest BCUT2D eigenvalue weighted by Gasteiger charge is 2.13. The predicted octanol–water partition coefficient (Wildman–Crippen LogP) is 3.57. The lowest BCUT2D eigenvalue weighted by Gasteiger charge is -2.05. The number of aryl methyl sites for hydroxylation is 2. The van der Waals surface area contributed by atoms with Crippen LogP contribution in [0.25, 0.3) is 0 Å². The second-order valence-corrected chi connectivity index (χ2v) is 5.63. The average Bonchev–Trinajstić information content (AvgIpc) is 2.66. The van der Waals surface area contributed by atoms with Crippen LogP contribution in [0, 0.1) is 19.7 Å². The number of benzene rings is 1. The number of nitrogens with zero attached hydrogens (tertiary/aromatic N) is 2. The van der Waals surface area contributed by atoms with E-state index < -0.39 is 0 Å². The van der Waals surface area contributed by atoms with Crippen molar-refractivity contribution in [1.29, 1.82) is 0 Å². The minimum atomic E-state index is -0.374. The summed E-state index contributed by atoms with van der Waals surface area (Å²) in [6.07, 6.45) is 1.21. The fourth-order valence-corrected chi connectivity index (χ4v) is 2.61. The molecule has 2 rings (SSSR count). The van der Waals surface area contributed by atoms with Crippen molar-refractivity contribution in [3.8, 4) is 0 Å². The summed E-state index contributed by atoms with van der Waals surface area (Å²) in [4.78, 5) is 12.1. The number of hydrogen-bond donors (Lipinski definition) is 0. The maximum atomic E-state index is 13.2. The third kappa shape index (κ3) is 3.70. The molecule has 21 heavy (non-hydrogen) atoms. The van der Waals surface area contributed by atoms with Crippen molar-refractivity contribution in [3.05, 3.63) is 51.6 Å². The Kier molecular flexibility index (Phi) is 4.78. The largest absolute Gasteiger partial charge is 0.299 e. The molecule has 1 aromatic heterocycles. The summed E-state index contributed by atoms with van der Waals surface area (Å²) >= 11 is 5.98. The van der Waals surface area contributed by atoms with Crippen molar-refractivity contribution < 1.29 is 9.18 Å². The van der Waals surface area contributed by atoms with Crippen LogP contribution in [0.1, 0.15) is 28.9 Å². The van der Waals surface area contributed by atoms with Crippen LogP contribution in [0.4, 0.5) is 4.39 Å². The molecule has 0 saturated heterocycles. The van der Waals surface area contributed by atoms with E-state index in [9.17, 15) is 9.18 Å². The fraction of sp³-hybridized carbons (Fsp3) is 0.375. The molecule has 1 aromatic carbocycles. The van der Waals surface area contributed by atoms with Gasteiger partial charge in [0.1, 0.15) is 11.6 Å². The molecule has 0 N–H and O–H groups in total. The van der Waals surface area contributed by atoms with Crippen LogP contribution < -0.4 is 0 Å². The molecule has 0 spiro atoms. The van der Waals surface area contributed by atoms with Crippen molar-refractivity contribution in [2.24, 2.45) is 7.05 Å². The van der Waals surface area contributed by atoms with E-state index in [1.165, 1.54) is 18.2 Å². The monoisotopic (exact) mass is 308 g/mol. The second-order valence-electron chi connectivity index (χ2n) is 5.22. The third-order valence-corrected chi connectivity index (χ3v) is 4.08. The molecule has 0 amide bonds. The van der Waals surface area contributed by atoms with Crippen molar-refractivity contribution in [1.82, 2.24) is 9.78 Å². The Morgan fingerprint density at radius 1 is 1.38 bits per heavy atom. The number of rotatable bonds is 5. The normalized spacial score (nSPS) is 10.9. The zero-order chi connectivity index (χ0) is 15.6. The fourth-order valence-electron chi connectivity index (χ4n) is 2.42. The molecule has 112 valence electrons. The molecule has 0 saturated carbocycles. The minimum absolute atomic E-state index is 0.0464. The topological polar surface area (TPSA) is 34.9 Å². The van der Waals surface area contributed by atoms with Crippen LogP contribution in [0.5, 0.6) is 0 Å². The van der Waals surface area contributed by atoms with E-state index in [2.05, 4.69) is 5.10 Å². The Morgan fingerprint density at radius 2 is 2.10 bits per heavy atom. The summed E-state index contributed by atoms with van der Waals surface area (Å²) in [7, 11) is 1.89. The lowest BCUT2D eigenvalue weighted by atomic mass is 10.0. The van der Waals surface area contributed by atoms with Crippen LogP contribution in [0.3, 0.4) is 0 Å². The van der Waals surface area contributed by atoms with Crippen LogP contribution in [0.2, 0.25) is 5.02 Å². The molecule has 0 unspecified atom stereocenters. The molecule has 0 atom stereocenters. The number of ketones is 1. The Balaban J connectivity index is 2.01. The van der Waals surface area contributed by atoms with E-state index in [4.69, 9.17) is 11.6 Å². The summed E-state index contributed by atoms with van der Waals surface area (Å²) in [6, 6.07) is 4.09. The Labute approximate surface area is 128 Å². The summed E-state index contributed by atoms with van der Waals surface area (Å²) in [6.45, 7) is 3.93. The van der Waals surface area contributed by atoms with E-state index in [0.717, 1.165) is 17.0 Å². The number of Topliss-reactive ketones (excluding diaryl/α,β-unsaturated/α-hetero) is 1. The summed E-state index contributed by atoms with van der Waals surface area (Å²) in [5.74, 6) is -0.327. The molecule has 2 aromatic rings. The van der Waals surface area contributed by atoms with Crippen molar-refractivity contribution in [2.45, 2.75) is 33.1 Å². The Morgan fingerprint density at radius 3 is 2.71 bits per heavy atom. The van der Waals surface area contributed by atoms with Gasteiger partial charge in [-0.2, -0.15) is 5.10 Å². The highest BCUT2D eigenvalue weighted by Crippen LogP contribution is 2.19. The van der Waals surface area contributed by atoms with Crippen LogP contribution in [0.15, 0.2) is 18.2 Å². The zero-order valence-electron chi connectivity index (χ0n) is 12.4. The SMILES string of the molecule is Cc1nn(C)c(C)c1CCC(=O)Cc1cc(F)ccc1Cl. The van der Waals surface area contributed by atoms with Gasteiger partial charge >= 0.3 is 0 Å². The smallest absolute Gasteiger partial charge is 0.137 e. The summed E-state index contributed by atoms with van der Waals surface area (Å²) in [5.41, 5.74) is 3.67. The number of carbonyl (C=O) groups is 1. The van der Waals surface area contributed by atoms with E-state index in [-0.39, 0.29) is 18.0 Å². The molecule has 3 nitrogen and oxygen atoms in total. The van der Waals surface area contributed by atoms with Gasteiger partial charge in [0, 0.05) is 30.6 Å². The zero-order valence-corrected chi connectivity index (χ0v) is 13.2. The van der Waals surface area contributed by atoms with Crippen molar-refractivity contribution >= 4 is 17.4 Å². The summed E-state index contributed by atoms with van der Waals surface area (Å²) < 4.78 is 15.0. The maximum Gasteiger partial charge on any atom is 0.137 e. The first kappa shape index (κ1) is 15.7. The van der Waals surface area contributed by atoms with E-state index in [1.807, 2.05) is 25.6 Å². The second kappa shape index (κ2) is 6.39. The molecule has 0 fully saturated rings. The summed E-state index contributed by atoms with van der Waals surface area (Å²) in [5, 5.41) is 4.76. The Bertz CT molecular complexity index is 679. The standard InChI is InChI=1S/C16H18ClFN2O/c1-10-15(11(2)20(3)19-10)6-5-14(21)9-12-8-13(18)4-7-16(12)17/h4,7-8H,5-6,9H2,1-3H3. The van der Waals surface area contributed by atoms with Gasteiger partial charge in [0.25, 0.3) is 0 Å². The lowest BCUT2D eigenvalue weighted by molar-refractivity contribution is -0.118. The number of hydrogen-bond acceptors (Lipinski definition) is 2. The number of aromatic nitrogens is 2. The van der Waals surface area contributed by atoms with Crippen molar-refractivity contribution in [2.75, 3.05) is 0 Å². The maximum absolute atomic E-state index is 13.2. The Hall–Kier alpha value is -1.68. The first-order valence-electron chi connectivity index (χ1n) is 6.83. The molecule has 0 radical (unpaired) electrons. The predicted molar refractivity (Wildman–Crippen MR) is 81.1 cm³/mol. The first-order valence-corrected chi connectivity index (χ1v) is 7.21. The number of halogens is 2. The van der Waals surface area contributed by atoms with Gasteiger partial charge in [0.05, 0.1) is 5.69 Å². The quantitative estimate of drug-likeness (QED) is 0.846. The molecule has 0 bridgehead atoms. The molecular formula is C16H18ClFN2O. The van der Waals surface area contributed by atoms with Crippen LogP contribution in [-0.2, 0) is 24.7 Å². The van der Waals surface area contributed by atoms with E-state index in [1.54, 1.807) is 0 Å². The lowest BCUT2D eigenvalue weighted by Crippen LogP contribution is -2.06. The minimum Gasteiger partial charge on any atom is -0.299 e. The van der Waals surface area contributed by atoms with Gasteiger partial charge in [0.2, 0.25) is 0 Å². The van der Waals surface area contributed by atoms with Crippen LogP contribution >= 0.6 is 11.6 Å². The van der Waals surface area contributed by atoms with Gasteiger partial charge in [-0.25, -0.2) is 4.39 Å². The van der Waals surface area contributed by atoms with Gasteiger partial charge in [-0.05, 0) is 49.6 Å². The molecule has 5 heteroatoms. The van der Waals surface area contributed by atoms with E-state index in [0.29, 0.717) is 23.4 Å². The highest BCUT2D eigenvalue weighted by molar-refractivity contribution is 6.31. The van der Waals surface area contributed by atoms with Gasteiger partial charge in [-0.15, -0.1) is 0 Å². The molecule has 0 aliphatic heterocycles. The molecular weight excluding hydrogens is 291 g/mol. The van der Waals surface area contributed by atoms with Gasteiger partial charge in [-0.3, -0.25) is 9.48 Å². The number of carbonyl (C=O) groups excluding carboxylic acids is 1. The van der Waals surface area contributed by atoms with Crippen molar-refractivity contribution in [3.63, 3.8) is 0 Å². The van der Waals surface area contributed by atoms with Crippen LogP contribution in [-0.4, -0.2) is 15.6 Å². The average molecular weight is 309 g/mol. The van der Waals surface area contributed by atoms with Gasteiger partial charge < -0.3 is 0 Å². The molecule has 1 heterocycles. The molecule has 0 aliphatic rings.